The van der Waals surface area contributed by atoms with E-state index in [0.717, 1.165) is 19.3 Å². The Hall–Kier alpha value is -0.270. The van der Waals surface area contributed by atoms with Crippen molar-refractivity contribution in [1.82, 2.24) is 0 Å². The third-order valence-corrected chi connectivity index (χ3v) is 11.8. The van der Waals surface area contributed by atoms with Gasteiger partial charge in [0.1, 0.15) is 0 Å². The van der Waals surface area contributed by atoms with Crippen LogP contribution in [0.5, 0.6) is 0 Å². The molecule has 11 heteroatoms. The van der Waals surface area contributed by atoms with Gasteiger partial charge in [-0.2, -0.15) is 0 Å². The van der Waals surface area contributed by atoms with Crippen molar-refractivity contribution in [3.05, 3.63) is 0 Å². The summed E-state index contributed by atoms with van der Waals surface area (Å²) in [6.07, 6.45) is -8.57. The number of rotatable bonds is 13. The van der Waals surface area contributed by atoms with Gasteiger partial charge in [0.15, 0.2) is 0 Å². The Morgan fingerprint density at radius 1 is 1.03 bits per heavy atom. The summed E-state index contributed by atoms with van der Waals surface area (Å²) in [5, 5.41) is 10.4. The SMILES string of the molecule is CCCCC(C)C(C)(C(=O)OCC(C)(OCOC(F)(F)C(F)(F)F)C(C)(C)O)I(C)C. The summed E-state index contributed by atoms with van der Waals surface area (Å²) in [6, 6.07) is 0. The quantitative estimate of drug-likeness (QED) is 0.102. The molecular weight excluding hydrogens is 542 g/mol. The summed E-state index contributed by atoms with van der Waals surface area (Å²) in [5.74, 6) is -0.449. The second-order valence-electron chi connectivity index (χ2n) is 8.66. The monoisotopic (exact) mass is 578 g/mol. The van der Waals surface area contributed by atoms with Crippen LogP contribution in [0.3, 0.4) is 0 Å². The van der Waals surface area contributed by atoms with E-state index in [4.69, 9.17) is 9.47 Å². The van der Waals surface area contributed by atoms with E-state index < -0.39 is 66.1 Å². The number of aliphatic hydroxyl groups is 1. The van der Waals surface area contributed by atoms with Gasteiger partial charge in [-0.25, -0.2) is 0 Å². The number of carbonyl (C=O) groups is 1. The third kappa shape index (κ3) is 7.92. The molecule has 0 aromatic heterocycles. The Morgan fingerprint density at radius 3 is 1.94 bits per heavy atom. The van der Waals surface area contributed by atoms with Crippen molar-refractivity contribution in [3.8, 4) is 0 Å². The molecule has 188 valence electrons. The fourth-order valence-electron chi connectivity index (χ4n) is 2.56. The number of hydrogen-bond acceptors (Lipinski definition) is 5. The molecule has 0 bridgehead atoms. The van der Waals surface area contributed by atoms with E-state index in [-0.39, 0.29) is 5.92 Å². The molecule has 0 aliphatic rings. The van der Waals surface area contributed by atoms with E-state index in [0.29, 0.717) is 0 Å². The summed E-state index contributed by atoms with van der Waals surface area (Å²) in [6.45, 7) is 7.65. The Balaban J connectivity index is 5.39. The van der Waals surface area contributed by atoms with Crippen molar-refractivity contribution in [2.24, 2.45) is 5.92 Å². The van der Waals surface area contributed by atoms with Crippen LogP contribution >= 0.6 is 19.8 Å². The van der Waals surface area contributed by atoms with Crippen LogP contribution in [-0.2, 0) is 19.0 Å². The zero-order chi connectivity index (χ0) is 24.9. The first-order valence-electron chi connectivity index (χ1n) is 9.88. The molecule has 1 N–H and O–H groups in total. The Labute approximate surface area is 188 Å². The number of alkyl halides is 8. The summed E-state index contributed by atoms with van der Waals surface area (Å²) in [4.78, 5) is 17.1. The van der Waals surface area contributed by atoms with E-state index in [1.807, 2.05) is 30.6 Å². The number of ether oxygens (including phenoxy) is 3. The first-order valence-corrected chi connectivity index (χ1v) is 15.3. The van der Waals surface area contributed by atoms with Gasteiger partial charge in [-0.15, -0.1) is 0 Å². The molecule has 3 unspecified atom stereocenters. The molecule has 0 heterocycles. The molecule has 0 saturated carbocycles. The van der Waals surface area contributed by atoms with Gasteiger partial charge in [0.05, 0.1) is 0 Å². The first-order chi connectivity index (χ1) is 13.8. The molecule has 3 atom stereocenters. The predicted molar refractivity (Wildman–Crippen MR) is 117 cm³/mol. The molecule has 0 aromatic rings. The second kappa shape index (κ2) is 11.2. The summed E-state index contributed by atoms with van der Waals surface area (Å²) in [5.41, 5.74) is -3.54. The Kier molecular flexibility index (Phi) is 11.1. The van der Waals surface area contributed by atoms with Gasteiger partial charge in [0, 0.05) is 0 Å². The standard InChI is InChI=1S/C20H36F5IO5/c1-9-10-11-14(2)18(6,26(7)8)15(27)29-12-17(5,16(3,4)28)30-13-31-20(24,25)19(21,22)23/h14,28H,9-13H2,1-8H3. The topological polar surface area (TPSA) is 65.0 Å². The van der Waals surface area contributed by atoms with Gasteiger partial charge in [0.2, 0.25) is 0 Å². The molecule has 0 aromatic carbocycles. The van der Waals surface area contributed by atoms with Crippen LogP contribution in [0, 0.1) is 5.92 Å². The van der Waals surface area contributed by atoms with Gasteiger partial charge in [-0.1, -0.05) is 0 Å². The van der Waals surface area contributed by atoms with Crippen molar-refractivity contribution in [3.63, 3.8) is 0 Å². The van der Waals surface area contributed by atoms with Crippen molar-refractivity contribution >= 4 is 25.8 Å². The summed E-state index contributed by atoms with van der Waals surface area (Å²) in [7, 11) is 0. The second-order valence-corrected chi connectivity index (χ2v) is 15.2. The van der Waals surface area contributed by atoms with Crippen LogP contribution in [0.25, 0.3) is 0 Å². The van der Waals surface area contributed by atoms with Crippen LogP contribution in [0.4, 0.5) is 22.0 Å². The number of esters is 1. The van der Waals surface area contributed by atoms with Crippen molar-refractivity contribution in [1.29, 1.82) is 0 Å². The van der Waals surface area contributed by atoms with Crippen LogP contribution in [-0.4, -0.2) is 61.2 Å². The van der Waals surface area contributed by atoms with Gasteiger partial charge in [0.25, 0.3) is 0 Å². The minimum atomic E-state index is -5.91. The fraction of sp³-hybridized carbons (Fsp3) is 0.950. The maximum atomic E-state index is 13.0. The van der Waals surface area contributed by atoms with Crippen molar-refractivity contribution < 1.29 is 46.1 Å². The number of carbonyl (C=O) groups excluding carboxylic acids is 1. The molecule has 31 heavy (non-hydrogen) atoms. The molecule has 0 rings (SSSR count). The number of halogens is 6. The average Bonchev–Trinajstić information content (AvgIpc) is 2.60. The maximum absolute atomic E-state index is 13.0. The van der Waals surface area contributed by atoms with Crippen LogP contribution in [0.2, 0.25) is 0 Å². The molecule has 0 saturated heterocycles. The van der Waals surface area contributed by atoms with E-state index in [1.54, 1.807) is 0 Å². The zero-order valence-corrected chi connectivity index (χ0v) is 21.6. The molecular formula is C20H36F5IO5. The van der Waals surface area contributed by atoms with E-state index >= 15 is 0 Å². The third-order valence-electron chi connectivity index (χ3n) is 5.82. The van der Waals surface area contributed by atoms with Crippen LogP contribution in [0.1, 0.15) is 60.8 Å². The van der Waals surface area contributed by atoms with Crippen LogP contribution in [0.15, 0.2) is 0 Å². The van der Waals surface area contributed by atoms with Gasteiger partial charge < -0.3 is 0 Å². The van der Waals surface area contributed by atoms with Crippen LogP contribution < -0.4 is 0 Å². The van der Waals surface area contributed by atoms with E-state index in [1.165, 1.54) is 20.8 Å². The molecule has 5 nitrogen and oxygen atoms in total. The molecule has 0 radical (unpaired) electrons. The van der Waals surface area contributed by atoms with Crippen molar-refractivity contribution in [2.75, 3.05) is 23.3 Å². The minimum absolute atomic E-state index is 0.0447. The zero-order valence-electron chi connectivity index (χ0n) is 19.5. The predicted octanol–water partition coefficient (Wildman–Crippen LogP) is 5.56. The Bertz CT molecular complexity index is 579. The normalized spacial score (nSPS) is 18.7. The molecule has 0 spiro atoms. The van der Waals surface area contributed by atoms with Gasteiger partial charge >= 0.3 is 189 Å². The number of hydrogen-bond donors (Lipinski definition) is 1. The molecule has 0 fully saturated rings. The molecule has 0 amide bonds. The summed E-state index contributed by atoms with van der Waals surface area (Å²) >= 11 is -1.77. The van der Waals surface area contributed by atoms with E-state index in [9.17, 15) is 31.9 Å². The summed E-state index contributed by atoms with van der Waals surface area (Å²) < 4.78 is 76.1. The molecule has 0 aliphatic heterocycles. The number of unbranched alkanes of at least 4 members (excludes halogenated alkanes) is 1. The fourth-order valence-corrected chi connectivity index (χ4v) is 6.04. The Morgan fingerprint density at radius 2 is 1.55 bits per heavy atom. The van der Waals surface area contributed by atoms with Gasteiger partial charge in [-0.05, 0) is 0 Å². The van der Waals surface area contributed by atoms with Crippen molar-refractivity contribution in [2.45, 2.75) is 87.7 Å². The van der Waals surface area contributed by atoms with E-state index in [2.05, 4.69) is 4.74 Å². The molecule has 0 aliphatic carbocycles. The first kappa shape index (κ1) is 30.7. The van der Waals surface area contributed by atoms with Gasteiger partial charge in [-0.3, -0.25) is 0 Å². The average molecular weight is 578 g/mol.